The first-order valence-electron chi connectivity index (χ1n) is 6.38. The number of carbonyl (C=O) groups is 1. The van der Waals surface area contributed by atoms with Crippen molar-refractivity contribution in [3.8, 4) is 6.07 Å². The van der Waals surface area contributed by atoms with E-state index in [1.54, 1.807) is 13.8 Å². The molecule has 1 aromatic heterocycles. The molecule has 0 bridgehead atoms. The third-order valence-electron chi connectivity index (χ3n) is 2.82. The van der Waals surface area contributed by atoms with Crippen LogP contribution in [-0.2, 0) is 4.74 Å². The third-order valence-corrected chi connectivity index (χ3v) is 2.82. The van der Waals surface area contributed by atoms with Gasteiger partial charge in [-0.1, -0.05) is 6.92 Å². The molecule has 1 rings (SSSR count). The van der Waals surface area contributed by atoms with Gasteiger partial charge in [-0.3, -0.25) is 0 Å². The Hall–Kier alpha value is -2.09. The van der Waals surface area contributed by atoms with Crippen LogP contribution in [0.5, 0.6) is 0 Å². The van der Waals surface area contributed by atoms with Crippen LogP contribution in [-0.4, -0.2) is 23.6 Å². The second kappa shape index (κ2) is 6.74. The molecule has 0 aliphatic heterocycles. The second-order valence-corrected chi connectivity index (χ2v) is 4.30. The predicted molar refractivity (Wildman–Crippen MR) is 73.0 cm³/mol. The van der Waals surface area contributed by atoms with Crippen LogP contribution in [0.15, 0.2) is 6.07 Å². The van der Waals surface area contributed by atoms with Gasteiger partial charge in [0.15, 0.2) is 0 Å². The first-order valence-corrected chi connectivity index (χ1v) is 6.38. The van der Waals surface area contributed by atoms with E-state index in [-0.39, 0.29) is 12.6 Å². The lowest BCUT2D eigenvalue weighted by molar-refractivity contribution is 0.0527. The van der Waals surface area contributed by atoms with Gasteiger partial charge in [-0.05, 0) is 33.3 Å². The first kappa shape index (κ1) is 15.0. The van der Waals surface area contributed by atoms with Gasteiger partial charge in [0.2, 0.25) is 0 Å². The lowest BCUT2D eigenvalue weighted by Crippen LogP contribution is -2.19. The van der Waals surface area contributed by atoms with Crippen molar-refractivity contribution in [3.63, 3.8) is 0 Å². The predicted octanol–water partition coefficient (Wildman–Crippen LogP) is 2.65. The summed E-state index contributed by atoms with van der Waals surface area (Å²) in [6, 6.07) is 3.75. The fourth-order valence-electron chi connectivity index (χ4n) is 1.53. The standard InChI is InChI=1S/C14H19N3O2/c1-5-9(3)16-13-12(14(18)19-6-2)7-11(8-15)10(4)17-13/h7,9H,5-6H2,1-4H3,(H,16,17). The second-order valence-electron chi connectivity index (χ2n) is 4.30. The summed E-state index contributed by atoms with van der Waals surface area (Å²) in [5.74, 6) is 0.0154. The Labute approximate surface area is 113 Å². The van der Waals surface area contributed by atoms with Crippen molar-refractivity contribution in [2.75, 3.05) is 11.9 Å². The van der Waals surface area contributed by atoms with Gasteiger partial charge in [0.05, 0.1) is 17.9 Å². The van der Waals surface area contributed by atoms with E-state index in [0.717, 1.165) is 6.42 Å². The summed E-state index contributed by atoms with van der Waals surface area (Å²) >= 11 is 0. The largest absolute Gasteiger partial charge is 0.462 e. The minimum atomic E-state index is -0.461. The molecule has 102 valence electrons. The average Bonchev–Trinajstić information content (AvgIpc) is 2.39. The molecule has 19 heavy (non-hydrogen) atoms. The Balaban J connectivity index is 3.23. The molecule has 0 amide bonds. The van der Waals surface area contributed by atoms with Gasteiger partial charge in [-0.2, -0.15) is 5.26 Å². The van der Waals surface area contributed by atoms with Gasteiger partial charge < -0.3 is 10.1 Å². The summed E-state index contributed by atoms with van der Waals surface area (Å²) in [5.41, 5.74) is 1.29. The fourth-order valence-corrected chi connectivity index (χ4v) is 1.53. The number of nitrogens with zero attached hydrogens (tertiary/aromatic N) is 2. The highest BCUT2D eigenvalue weighted by Gasteiger charge is 2.18. The van der Waals surface area contributed by atoms with E-state index in [0.29, 0.717) is 22.6 Å². The van der Waals surface area contributed by atoms with Crippen molar-refractivity contribution < 1.29 is 9.53 Å². The first-order chi connectivity index (χ1) is 9.03. The number of anilines is 1. The Morgan fingerprint density at radius 1 is 1.58 bits per heavy atom. The van der Waals surface area contributed by atoms with E-state index in [1.165, 1.54) is 6.07 Å². The van der Waals surface area contributed by atoms with Crippen molar-refractivity contribution in [2.24, 2.45) is 0 Å². The third kappa shape index (κ3) is 3.68. The van der Waals surface area contributed by atoms with Crippen LogP contribution in [0.25, 0.3) is 0 Å². The number of ether oxygens (including phenoxy) is 1. The van der Waals surface area contributed by atoms with Crippen molar-refractivity contribution in [1.82, 2.24) is 4.98 Å². The van der Waals surface area contributed by atoms with E-state index in [4.69, 9.17) is 10.00 Å². The van der Waals surface area contributed by atoms with Crippen LogP contribution >= 0.6 is 0 Å². The number of aromatic nitrogens is 1. The fraction of sp³-hybridized carbons (Fsp3) is 0.500. The summed E-state index contributed by atoms with van der Waals surface area (Å²) in [7, 11) is 0. The van der Waals surface area contributed by atoms with Crippen molar-refractivity contribution in [1.29, 1.82) is 5.26 Å². The SMILES string of the molecule is CCOC(=O)c1cc(C#N)c(C)nc1NC(C)CC. The highest BCUT2D eigenvalue weighted by molar-refractivity contribution is 5.95. The maximum Gasteiger partial charge on any atom is 0.341 e. The number of pyridine rings is 1. The number of aryl methyl sites for hydroxylation is 1. The molecule has 0 aliphatic rings. The Kier molecular flexibility index (Phi) is 5.31. The zero-order valence-corrected chi connectivity index (χ0v) is 11.8. The molecule has 0 fully saturated rings. The molecule has 5 nitrogen and oxygen atoms in total. The smallest absolute Gasteiger partial charge is 0.341 e. The van der Waals surface area contributed by atoms with Crippen LogP contribution in [0.3, 0.4) is 0 Å². The van der Waals surface area contributed by atoms with Crippen molar-refractivity contribution in [2.45, 2.75) is 40.2 Å². The molecule has 0 spiro atoms. The van der Waals surface area contributed by atoms with Crippen LogP contribution in [0.2, 0.25) is 0 Å². The summed E-state index contributed by atoms with van der Waals surface area (Å²) in [6.07, 6.45) is 0.906. The number of esters is 1. The minimum Gasteiger partial charge on any atom is -0.462 e. The van der Waals surface area contributed by atoms with Crippen molar-refractivity contribution in [3.05, 3.63) is 22.9 Å². The molecule has 1 aromatic rings. The molecule has 0 aromatic carbocycles. The molecular formula is C14H19N3O2. The number of nitrogens with one attached hydrogen (secondary N) is 1. The summed E-state index contributed by atoms with van der Waals surface area (Å²) in [5, 5.41) is 12.2. The van der Waals surface area contributed by atoms with Crippen molar-refractivity contribution >= 4 is 11.8 Å². The number of nitriles is 1. The zero-order valence-electron chi connectivity index (χ0n) is 11.8. The molecule has 0 saturated heterocycles. The lowest BCUT2D eigenvalue weighted by atomic mass is 10.1. The van der Waals surface area contributed by atoms with Gasteiger partial charge in [0, 0.05) is 6.04 Å². The topological polar surface area (TPSA) is 75.0 Å². The molecule has 5 heteroatoms. The maximum absolute atomic E-state index is 11.9. The van der Waals surface area contributed by atoms with Crippen LogP contribution in [0.4, 0.5) is 5.82 Å². The highest BCUT2D eigenvalue weighted by atomic mass is 16.5. The average molecular weight is 261 g/mol. The van der Waals surface area contributed by atoms with E-state index < -0.39 is 5.97 Å². The van der Waals surface area contributed by atoms with Gasteiger partial charge >= 0.3 is 5.97 Å². The Bertz CT molecular complexity index is 506. The maximum atomic E-state index is 11.9. The van der Waals surface area contributed by atoms with E-state index in [2.05, 4.69) is 10.3 Å². The summed E-state index contributed by atoms with van der Waals surface area (Å²) in [4.78, 5) is 16.2. The van der Waals surface area contributed by atoms with Gasteiger partial charge in [-0.15, -0.1) is 0 Å². The highest BCUT2D eigenvalue weighted by Crippen LogP contribution is 2.19. The monoisotopic (exact) mass is 261 g/mol. The van der Waals surface area contributed by atoms with E-state index >= 15 is 0 Å². The molecular weight excluding hydrogens is 242 g/mol. The Morgan fingerprint density at radius 3 is 2.79 bits per heavy atom. The molecule has 0 saturated carbocycles. The summed E-state index contributed by atoms with van der Waals surface area (Å²) in [6.45, 7) is 7.82. The molecule has 0 aliphatic carbocycles. The number of hydrogen-bond donors (Lipinski definition) is 1. The molecule has 0 radical (unpaired) electrons. The van der Waals surface area contributed by atoms with Gasteiger partial charge in [-0.25, -0.2) is 9.78 Å². The van der Waals surface area contributed by atoms with Gasteiger partial charge in [0.25, 0.3) is 0 Å². The minimum absolute atomic E-state index is 0.188. The molecule has 1 unspecified atom stereocenters. The zero-order chi connectivity index (χ0) is 14.4. The number of rotatable bonds is 5. The van der Waals surface area contributed by atoms with E-state index in [9.17, 15) is 4.79 Å². The van der Waals surface area contributed by atoms with Gasteiger partial charge in [0.1, 0.15) is 17.5 Å². The number of hydrogen-bond acceptors (Lipinski definition) is 5. The van der Waals surface area contributed by atoms with Crippen LogP contribution < -0.4 is 5.32 Å². The Morgan fingerprint density at radius 2 is 2.26 bits per heavy atom. The molecule has 1 atom stereocenters. The normalized spacial score (nSPS) is 11.5. The quantitative estimate of drug-likeness (QED) is 0.825. The van der Waals surface area contributed by atoms with Crippen LogP contribution in [0.1, 0.15) is 48.8 Å². The summed E-state index contributed by atoms with van der Waals surface area (Å²) < 4.78 is 4.99. The van der Waals surface area contributed by atoms with E-state index in [1.807, 2.05) is 19.9 Å². The molecule has 1 N–H and O–H groups in total. The molecule has 1 heterocycles. The lowest BCUT2D eigenvalue weighted by Gasteiger charge is -2.16. The van der Waals surface area contributed by atoms with Crippen LogP contribution in [0, 0.1) is 18.3 Å². The number of carbonyl (C=O) groups excluding carboxylic acids is 1.